The minimum atomic E-state index is 0.868. The number of aromatic nitrogens is 1. The average Bonchev–Trinajstić information content (AvgIpc) is 2.44. The molecule has 0 spiro atoms. The lowest BCUT2D eigenvalue weighted by Crippen LogP contribution is -1.76. The fourth-order valence-corrected chi connectivity index (χ4v) is 1.41. The van der Waals surface area contributed by atoms with Crippen LogP contribution in [0, 0.1) is 0 Å². The van der Waals surface area contributed by atoms with E-state index in [1.54, 1.807) is 6.08 Å². The summed E-state index contributed by atoms with van der Waals surface area (Å²) in [4.78, 5) is 0. The summed E-state index contributed by atoms with van der Waals surface area (Å²) >= 11 is 0. The molecule has 0 radical (unpaired) electrons. The third-order valence-electron chi connectivity index (χ3n) is 1.93. The molecule has 0 aliphatic heterocycles. The molecule has 1 aromatic rings. The molecule has 0 fully saturated rings. The largest absolute Gasteiger partial charge is 0.356 e. The lowest BCUT2D eigenvalue weighted by atomic mass is 10.2. The summed E-state index contributed by atoms with van der Waals surface area (Å²) in [6.07, 6.45) is 5.14. The highest BCUT2D eigenvalue weighted by Crippen LogP contribution is 2.24. The molecule has 1 heterocycles. The zero-order valence-corrected chi connectivity index (χ0v) is 5.76. The number of fused-ring (bicyclic) bond motifs is 1. The van der Waals surface area contributed by atoms with Crippen LogP contribution < -0.4 is 0 Å². The standard InChI is InChI=1S/C8H9NO/c1-2-8-6-4-3-5-7(6)9-10-8/h2H,1,3-5H2. The van der Waals surface area contributed by atoms with E-state index < -0.39 is 0 Å². The first-order valence-electron chi connectivity index (χ1n) is 3.51. The molecular formula is C8H9NO. The van der Waals surface area contributed by atoms with Crippen molar-refractivity contribution in [3.05, 3.63) is 23.6 Å². The molecule has 10 heavy (non-hydrogen) atoms. The maximum atomic E-state index is 5.02. The first-order valence-corrected chi connectivity index (χ1v) is 3.51. The molecule has 0 aromatic carbocycles. The van der Waals surface area contributed by atoms with E-state index >= 15 is 0 Å². The van der Waals surface area contributed by atoms with E-state index in [0.717, 1.165) is 24.3 Å². The number of nitrogens with zero attached hydrogens (tertiary/aromatic N) is 1. The Kier molecular flexibility index (Phi) is 1.13. The van der Waals surface area contributed by atoms with Crippen molar-refractivity contribution in [2.24, 2.45) is 0 Å². The zero-order chi connectivity index (χ0) is 6.97. The van der Waals surface area contributed by atoms with Crippen LogP contribution in [0.1, 0.15) is 23.4 Å². The summed E-state index contributed by atoms with van der Waals surface area (Å²) in [5.41, 5.74) is 2.41. The van der Waals surface area contributed by atoms with Crippen molar-refractivity contribution in [1.29, 1.82) is 0 Å². The van der Waals surface area contributed by atoms with E-state index in [1.807, 2.05) is 0 Å². The average molecular weight is 135 g/mol. The van der Waals surface area contributed by atoms with Crippen LogP contribution >= 0.6 is 0 Å². The summed E-state index contributed by atoms with van der Waals surface area (Å²) in [5, 5.41) is 3.92. The Labute approximate surface area is 59.5 Å². The van der Waals surface area contributed by atoms with Gasteiger partial charge in [-0.05, 0) is 25.3 Å². The van der Waals surface area contributed by atoms with Crippen molar-refractivity contribution in [3.8, 4) is 0 Å². The van der Waals surface area contributed by atoms with Crippen LogP contribution in [0.15, 0.2) is 11.1 Å². The smallest absolute Gasteiger partial charge is 0.162 e. The van der Waals surface area contributed by atoms with E-state index in [0.29, 0.717) is 0 Å². The third kappa shape index (κ3) is 0.618. The predicted molar refractivity (Wildman–Crippen MR) is 38.6 cm³/mol. The van der Waals surface area contributed by atoms with Crippen molar-refractivity contribution in [1.82, 2.24) is 5.16 Å². The summed E-state index contributed by atoms with van der Waals surface area (Å²) in [6.45, 7) is 3.65. The van der Waals surface area contributed by atoms with Crippen LogP contribution in [0.5, 0.6) is 0 Å². The SMILES string of the molecule is C=Cc1onc2c1CCC2. The van der Waals surface area contributed by atoms with Crippen molar-refractivity contribution in [2.45, 2.75) is 19.3 Å². The maximum absolute atomic E-state index is 5.02. The molecule has 1 aliphatic rings. The molecule has 1 aliphatic carbocycles. The Balaban J connectivity index is 2.53. The monoisotopic (exact) mass is 135 g/mol. The van der Waals surface area contributed by atoms with Crippen LogP contribution in [0.2, 0.25) is 0 Å². The van der Waals surface area contributed by atoms with Crippen LogP contribution in [0.4, 0.5) is 0 Å². The van der Waals surface area contributed by atoms with Gasteiger partial charge in [-0.1, -0.05) is 11.7 Å². The molecule has 0 atom stereocenters. The van der Waals surface area contributed by atoms with Crippen molar-refractivity contribution in [3.63, 3.8) is 0 Å². The number of hydrogen-bond donors (Lipinski definition) is 0. The highest BCUT2D eigenvalue weighted by atomic mass is 16.5. The van der Waals surface area contributed by atoms with Gasteiger partial charge in [0.2, 0.25) is 0 Å². The summed E-state index contributed by atoms with van der Waals surface area (Å²) in [5.74, 6) is 0.868. The molecule has 0 N–H and O–H groups in total. The zero-order valence-electron chi connectivity index (χ0n) is 5.76. The predicted octanol–water partition coefficient (Wildman–Crippen LogP) is 1.81. The van der Waals surface area contributed by atoms with E-state index in [-0.39, 0.29) is 0 Å². The van der Waals surface area contributed by atoms with E-state index in [1.165, 1.54) is 12.0 Å². The molecule has 0 saturated heterocycles. The quantitative estimate of drug-likeness (QED) is 0.587. The van der Waals surface area contributed by atoms with Gasteiger partial charge < -0.3 is 4.52 Å². The first-order chi connectivity index (χ1) is 4.92. The Hall–Kier alpha value is -1.05. The van der Waals surface area contributed by atoms with Gasteiger partial charge in [0, 0.05) is 5.56 Å². The second-order valence-corrected chi connectivity index (χ2v) is 2.53. The van der Waals surface area contributed by atoms with Crippen LogP contribution in [0.3, 0.4) is 0 Å². The van der Waals surface area contributed by atoms with Crippen molar-refractivity contribution < 1.29 is 4.52 Å². The van der Waals surface area contributed by atoms with Crippen LogP contribution in [-0.2, 0) is 12.8 Å². The molecule has 2 heteroatoms. The van der Waals surface area contributed by atoms with Gasteiger partial charge in [-0.25, -0.2) is 0 Å². The normalized spacial score (nSPS) is 15.2. The molecule has 0 bridgehead atoms. The molecular weight excluding hydrogens is 126 g/mol. The van der Waals surface area contributed by atoms with Crippen LogP contribution in [0.25, 0.3) is 6.08 Å². The molecule has 2 nitrogen and oxygen atoms in total. The Morgan fingerprint density at radius 1 is 1.50 bits per heavy atom. The molecule has 52 valence electrons. The van der Waals surface area contributed by atoms with Gasteiger partial charge in [-0.15, -0.1) is 0 Å². The van der Waals surface area contributed by atoms with Gasteiger partial charge in [-0.2, -0.15) is 0 Å². The second kappa shape index (κ2) is 1.97. The van der Waals surface area contributed by atoms with Crippen molar-refractivity contribution >= 4 is 6.08 Å². The lowest BCUT2D eigenvalue weighted by molar-refractivity contribution is 0.401. The first kappa shape index (κ1) is 5.71. The highest BCUT2D eigenvalue weighted by Gasteiger charge is 2.18. The van der Waals surface area contributed by atoms with Gasteiger partial charge in [0.25, 0.3) is 0 Å². The summed E-state index contributed by atoms with van der Waals surface area (Å²) < 4.78 is 5.02. The minimum absolute atomic E-state index is 0.868. The van der Waals surface area contributed by atoms with E-state index in [9.17, 15) is 0 Å². The van der Waals surface area contributed by atoms with E-state index in [2.05, 4.69) is 11.7 Å². The Morgan fingerprint density at radius 2 is 2.40 bits per heavy atom. The molecule has 0 unspecified atom stereocenters. The Bertz CT molecular complexity index is 262. The fraction of sp³-hybridized carbons (Fsp3) is 0.375. The molecule has 0 saturated carbocycles. The van der Waals surface area contributed by atoms with Crippen LogP contribution in [-0.4, -0.2) is 5.16 Å². The molecule has 1 aromatic heterocycles. The van der Waals surface area contributed by atoms with Gasteiger partial charge in [-0.3, -0.25) is 0 Å². The van der Waals surface area contributed by atoms with Gasteiger partial charge in [0.05, 0.1) is 5.69 Å². The topological polar surface area (TPSA) is 26.0 Å². The number of hydrogen-bond acceptors (Lipinski definition) is 2. The Morgan fingerprint density at radius 3 is 3.20 bits per heavy atom. The molecule has 2 rings (SSSR count). The third-order valence-corrected chi connectivity index (χ3v) is 1.93. The minimum Gasteiger partial charge on any atom is -0.356 e. The van der Waals surface area contributed by atoms with Gasteiger partial charge in [0.15, 0.2) is 5.76 Å². The van der Waals surface area contributed by atoms with Gasteiger partial charge in [0.1, 0.15) is 0 Å². The lowest BCUT2D eigenvalue weighted by Gasteiger charge is -1.85. The second-order valence-electron chi connectivity index (χ2n) is 2.53. The van der Waals surface area contributed by atoms with E-state index in [4.69, 9.17) is 4.52 Å². The van der Waals surface area contributed by atoms with Crippen molar-refractivity contribution in [2.75, 3.05) is 0 Å². The maximum Gasteiger partial charge on any atom is 0.162 e. The summed E-state index contributed by atoms with van der Waals surface area (Å²) in [7, 11) is 0. The number of aryl methyl sites for hydroxylation is 1. The summed E-state index contributed by atoms with van der Waals surface area (Å²) in [6, 6.07) is 0. The fourth-order valence-electron chi connectivity index (χ4n) is 1.41. The highest BCUT2D eigenvalue weighted by molar-refractivity contribution is 5.47. The van der Waals surface area contributed by atoms with Gasteiger partial charge >= 0.3 is 0 Å². The molecule has 0 amide bonds. The number of rotatable bonds is 1.